The largest absolute Gasteiger partial charge is 0.379 e. The number of likely N-dealkylation sites (N-methyl/N-ethyl adjacent to an activating group) is 1. The number of rotatable bonds is 9. The maximum Gasteiger partial charge on any atom is 0.0593 e. The van der Waals surface area contributed by atoms with Gasteiger partial charge >= 0.3 is 0 Å². The first-order chi connectivity index (χ1) is 9.88. The molecule has 0 aliphatic rings. The molecule has 120 valence electrons. The Kier molecular flexibility index (Phi) is 7.94. The molecule has 1 aromatic carbocycles. The Bertz CT molecular complexity index is 371. The number of benzene rings is 1. The third-order valence-electron chi connectivity index (χ3n) is 3.34. The van der Waals surface area contributed by atoms with Crippen molar-refractivity contribution >= 4 is 0 Å². The zero-order chi connectivity index (χ0) is 15.7. The molecule has 0 bridgehead atoms. The fourth-order valence-corrected chi connectivity index (χ4v) is 2.26. The van der Waals surface area contributed by atoms with Crippen LogP contribution in [0.2, 0.25) is 0 Å². The summed E-state index contributed by atoms with van der Waals surface area (Å²) in [5.41, 5.74) is 1.67. The van der Waals surface area contributed by atoms with Crippen LogP contribution in [0.25, 0.3) is 0 Å². The number of ether oxygens (including phenoxy) is 1. The highest BCUT2D eigenvalue weighted by molar-refractivity contribution is 5.19. The van der Waals surface area contributed by atoms with Gasteiger partial charge in [0.2, 0.25) is 0 Å². The molecule has 0 amide bonds. The monoisotopic (exact) mass is 292 g/mol. The van der Waals surface area contributed by atoms with Crippen LogP contribution >= 0.6 is 0 Å². The molecule has 1 rings (SSSR count). The van der Waals surface area contributed by atoms with Crippen LogP contribution in [0, 0.1) is 5.41 Å². The predicted molar refractivity (Wildman–Crippen MR) is 90.6 cm³/mol. The van der Waals surface area contributed by atoms with E-state index in [1.54, 1.807) is 0 Å². The Hall–Kier alpha value is -0.900. The van der Waals surface area contributed by atoms with Gasteiger partial charge in [-0.25, -0.2) is 0 Å². The molecule has 3 nitrogen and oxygen atoms in total. The quantitative estimate of drug-likeness (QED) is 0.707. The van der Waals surface area contributed by atoms with Gasteiger partial charge < -0.3 is 15.0 Å². The van der Waals surface area contributed by atoms with Crippen molar-refractivity contribution in [2.24, 2.45) is 5.41 Å². The molecule has 1 N–H and O–H groups in total. The average Bonchev–Trinajstić information content (AvgIpc) is 2.40. The molecule has 0 aromatic heterocycles. The summed E-state index contributed by atoms with van der Waals surface area (Å²) in [5, 5.41) is 3.64. The average molecular weight is 292 g/mol. The van der Waals surface area contributed by atoms with Crippen LogP contribution in [-0.2, 0) is 4.74 Å². The van der Waals surface area contributed by atoms with Gasteiger partial charge in [0, 0.05) is 19.1 Å². The molecule has 0 saturated carbocycles. The van der Waals surface area contributed by atoms with E-state index in [0.29, 0.717) is 11.5 Å². The highest BCUT2D eigenvalue weighted by Crippen LogP contribution is 2.29. The van der Waals surface area contributed by atoms with Gasteiger partial charge in [-0.15, -0.1) is 0 Å². The van der Waals surface area contributed by atoms with Crippen molar-refractivity contribution in [1.82, 2.24) is 10.2 Å². The summed E-state index contributed by atoms with van der Waals surface area (Å²) in [6, 6.07) is 11.1. The third kappa shape index (κ3) is 8.86. The maximum atomic E-state index is 5.66. The van der Waals surface area contributed by atoms with Crippen molar-refractivity contribution in [2.75, 3.05) is 40.4 Å². The molecule has 0 heterocycles. The van der Waals surface area contributed by atoms with E-state index >= 15 is 0 Å². The minimum atomic E-state index is 0.305. The lowest BCUT2D eigenvalue weighted by Gasteiger charge is -2.27. The topological polar surface area (TPSA) is 24.5 Å². The number of nitrogens with zero attached hydrogens (tertiary/aromatic N) is 1. The minimum absolute atomic E-state index is 0.305. The standard InChI is InChI=1S/C18H32N2O/c1-18(2,3)15-17(16-9-7-6-8-10-16)19-11-13-21-14-12-20(4)5/h6-10,17,19H,11-15H2,1-5H3. The van der Waals surface area contributed by atoms with E-state index in [1.807, 2.05) is 0 Å². The fourth-order valence-electron chi connectivity index (χ4n) is 2.26. The van der Waals surface area contributed by atoms with Gasteiger partial charge in [0.1, 0.15) is 0 Å². The molecule has 1 unspecified atom stereocenters. The first-order valence-electron chi connectivity index (χ1n) is 7.89. The molecule has 0 spiro atoms. The van der Waals surface area contributed by atoms with Gasteiger partial charge in [0.05, 0.1) is 13.2 Å². The van der Waals surface area contributed by atoms with Gasteiger partial charge in [0.15, 0.2) is 0 Å². The van der Waals surface area contributed by atoms with Crippen molar-refractivity contribution in [2.45, 2.75) is 33.2 Å². The Morgan fingerprint density at radius 3 is 2.33 bits per heavy atom. The number of nitrogens with one attached hydrogen (secondary N) is 1. The summed E-state index contributed by atoms with van der Waals surface area (Å²) in [6.45, 7) is 10.3. The Morgan fingerprint density at radius 2 is 1.76 bits per heavy atom. The van der Waals surface area contributed by atoms with Crippen LogP contribution in [-0.4, -0.2) is 45.3 Å². The fraction of sp³-hybridized carbons (Fsp3) is 0.667. The van der Waals surface area contributed by atoms with Crippen molar-refractivity contribution in [3.05, 3.63) is 35.9 Å². The highest BCUT2D eigenvalue weighted by atomic mass is 16.5. The molecular weight excluding hydrogens is 260 g/mol. The molecule has 1 atom stereocenters. The normalized spacial score (nSPS) is 13.6. The first-order valence-corrected chi connectivity index (χ1v) is 7.89. The van der Waals surface area contributed by atoms with Crippen LogP contribution in [0.3, 0.4) is 0 Å². The van der Waals surface area contributed by atoms with Crippen molar-refractivity contribution < 1.29 is 4.74 Å². The van der Waals surface area contributed by atoms with E-state index in [9.17, 15) is 0 Å². The zero-order valence-electron chi connectivity index (χ0n) is 14.4. The lowest BCUT2D eigenvalue weighted by atomic mass is 9.85. The highest BCUT2D eigenvalue weighted by Gasteiger charge is 2.19. The second kappa shape index (κ2) is 9.19. The summed E-state index contributed by atoms with van der Waals surface area (Å²) in [4.78, 5) is 2.14. The van der Waals surface area contributed by atoms with Gasteiger partial charge in [-0.2, -0.15) is 0 Å². The lowest BCUT2D eigenvalue weighted by Crippen LogP contribution is -2.29. The molecule has 0 aliphatic carbocycles. The molecule has 0 saturated heterocycles. The van der Waals surface area contributed by atoms with Gasteiger partial charge in [0.25, 0.3) is 0 Å². The van der Waals surface area contributed by atoms with Crippen molar-refractivity contribution in [3.63, 3.8) is 0 Å². The molecule has 0 aliphatic heterocycles. The van der Waals surface area contributed by atoms with Crippen LogP contribution < -0.4 is 5.32 Å². The van der Waals surface area contributed by atoms with E-state index in [-0.39, 0.29) is 0 Å². The van der Waals surface area contributed by atoms with Crippen LogP contribution in [0.1, 0.15) is 38.8 Å². The lowest BCUT2D eigenvalue weighted by molar-refractivity contribution is 0.116. The summed E-state index contributed by atoms with van der Waals surface area (Å²) >= 11 is 0. The zero-order valence-corrected chi connectivity index (χ0v) is 14.4. The maximum absolute atomic E-state index is 5.66. The molecule has 1 aromatic rings. The number of hydrogen-bond acceptors (Lipinski definition) is 3. The number of hydrogen-bond donors (Lipinski definition) is 1. The van der Waals surface area contributed by atoms with Crippen LogP contribution in [0.5, 0.6) is 0 Å². The van der Waals surface area contributed by atoms with Gasteiger partial charge in [-0.1, -0.05) is 51.1 Å². The second-order valence-corrected chi connectivity index (χ2v) is 7.10. The second-order valence-electron chi connectivity index (χ2n) is 7.10. The Balaban J connectivity index is 2.40. The smallest absolute Gasteiger partial charge is 0.0593 e. The van der Waals surface area contributed by atoms with E-state index < -0.39 is 0 Å². The van der Waals surface area contributed by atoms with Gasteiger partial charge in [-0.05, 0) is 31.5 Å². The van der Waals surface area contributed by atoms with E-state index in [0.717, 1.165) is 32.7 Å². The Labute approximate surface area is 130 Å². The van der Waals surface area contributed by atoms with Crippen LogP contribution in [0.4, 0.5) is 0 Å². The summed E-state index contributed by atoms with van der Waals surface area (Å²) in [7, 11) is 4.13. The van der Waals surface area contributed by atoms with E-state index in [4.69, 9.17) is 4.74 Å². The minimum Gasteiger partial charge on any atom is -0.379 e. The summed E-state index contributed by atoms with van der Waals surface area (Å²) in [6.07, 6.45) is 1.12. The summed E-state index contributed by atoms with van der Waals surface area (Å²) in [5.74, 6) is 0. The molecule has 0 fully saturated rings. The van der Waals surface area contributed by atoms with E-state index in [1.165, 1.54) is 5.56 Å². The Morgan fingerprint density at radius 1 is 1.10 bits per heavy atom. The van der Waals surface area contributed by atoms with Crippen molar-refractivity contribution in [1.29, 1.82) is 0 Å². The van der Waals surface area contributed by atoms with Crippen molar-refractivity contribution in [3.8, 4) is 0 Å². The molecule has 0 radical (unpaired) electrons. The SMILES string of the molecule is CN(C)CCOCCNC(CC(C)(C)C)c1ccccc1. The summed E-state index contributed by atoms with van der Waals surface area (Å²) < 4.78 is 5.66. The molecule has 3 heteroatoms. The van der Waals surface area contributed by atoms with E-state index in [2.05, 4.69) is 75.4 Å². The first kappa shape index (κ1) is 18.1. The van der Waals surface area contributed by atoms with Gasteiger partial charge in [-0.3, -0.25) is 0 Å². The van der Waals surface area contributed by atoms with Crippen LogP contribution in [0.15, 0.2) is 30.3 Å². The molecule has 21 heavy (non-hydrogen) atoms. The predicted octanol–water partition coefficient (Wildman–Crippen LogP) is 3.33. The third-order valence-corrected chi connectivity index (χ3v) is 3.34. The molecular formula is C18H32N2O.